The van der Waals surface area contributed by atoms with Crippen molar-refractivity contribution < 1.29 is 38.0 Å². The van der Waals surface area contributed by atoms with Crippen LogP contribution in [0.25, 0.3) is 55.8 Å². The van der Waals surface area contributed by atoms with Crippen molar-refractivity contribution >= 4 is 55.8 Å². The molecule has 0 radical (unpaired) electrons. The van der Waals surface area contributed by atoms with Crippen molar-refractivity contribution in [2.45, 2.75) is 6.54 Å². The number of aromatic nitrogens is 2. The summed E-state index contributed by atoms with van der Waals surface area (Å²) in [6.07, 6.45) is 4.52. The first-order valence-corrected chi connectivity index (χ1v) is 12.8. The Morgan fingerprint density at radius 2 is 1.32 bits per heavy atom. The molecule has 0 spiro atoms. The third-order valence-electron chi connectivity index (χ3n) is 7.24. The van der Waals surface area contributed by atoms with Crippen molar-refractivity contribution in [1.82, 2.24) is 4.57 Å². The van der Waals surface area contributed by atoms with Crippen molar-refractivity contribution in [1.29, 1.82) is 0 Å². The Balaban J connectivity index is 0.00000294. The lowest BCUT2D eigenvalue weighted by atomic mass is 10.0. The standard InChI is InChI=1S/C33H31N2O2.HI/c1-34-30-12-6-3-9-26(30)25(27-10-4-7-13-31(27)34)17-15-24-16-18-33-29(23-24)28-11-5-8-14-32(28)35(33)19-20-37-22-21-36-2;/h3-18,23H,19-22H2,1-2H3;1H/q+1;/p-1. The van der Waals surface area contributed by atoms with Gasteiger partial charge in [-0.3, -0.25) is 0 Å². The van der Waals surface area contributed by atoms with Crippen LogP contribution in [0.5, 0.6) is 0 Å². The number of rotatable bonds is 8. The maximum Gasteiger partial charge on any atom is 0.213 e. The van der Waals surface area contributed by atoms with Gasteiger partial charge in [-0.25, -0.2) is 0 Å². The average Bonchev–Trinajstić information content (AvgIpc) is 3.26. The van der Waals surface area contributed by atoms with E-state index in [1.54, 1.807) is 7.11 Å². The van der Waals surface area contributed by atoms with E-state index in [4.69, 9.17) is 9.47 Å². The minimum Gasteiger partial charge on any atom is -1.00 e. The summed E-state index contributed by atoms with van der Waals surface area (Å²) in [5.74, 6) is 0. The van der Waals surface area contributed by atoms with Gasteiger partial charge in [-0.1, -0.05) is 60.7 Å². The molecule has 0 saturated heterocycles. The molecule has 0 atom stereocenters. The SMILES string of the molecule is COCCOCCn1c2ccccc2c2cc(C=Cc3c4ccccc4[n+](C)c4ccccc34)ccc21.[I-]. The molecule has 0 aliphatic heterocycles. The number of ether oxygens (including phenoxy) is 2. The van der Waals surface area contributed by atoms with E-state index in [1.807, 2.05) is 0 Å². The fraction of sp³-hybridized carbons (Fsp3) is 0.182. The van der Waals surface area contributed by atoms with Gasteiger partial charge in [0.2, 0.25) is 11.0 Å². The molecule has 0 amide bonds. The molecule has 0 unspecified atom stereocenters. The fourth-order valence-electron chi connectivity index (χ4n) is 5.44. The smallest absolute Gasteiger partial charge is 0.213 e. The first-order chi connectivity index (χ1) is 18.3. The zero-order valence-corrected chi connectivity index (χ0v) is 23.9. The van der Waals surface area contributed by atoms with Crippen LogP contribution < -0.4 is 28.5 Å². The van der Waals surface area contributed by atoms with E-state index in [0.29, 0.717) is 19.8 Å². The Bertz CT molecular complexity index is 1710. The van der Waals surface area contributed by atoms with Crippen molar-refractivity contribution in [2.75, 3.05) is 26.9 Å². The highest BCUT2D eigenvalue weighted by molar-refractivity contribution is 6.09. The molecule has 38 heavy (non-hydrogen) atoms. The maximum atomic E-state index is 5.78. The molecule has 0 aliphatic rings. The Morgan fingerprint density at radius 1 is 0.684 bits per heavy atom. The quantitative estimate of drug-likeness (QED) is 0.113. The van der Waals surface area contributed by atoms with E-state index in [-0.39, 0.29) is 24.0 Å². The van der Waals surface area contributed by atoms with E-state index in [1.165, 1.54) is 54.7 Å². The van der Waals surface area contributed by atoms with Gasteiger partial charge in [0.15, 0.2) is 0 Å². The van der Waals surface area contributed by atoms with E-state index < -0.39 is 0 Å². The number of nitrogens with zero attached hydrogens (tertiary/aromatic N) is 2. The lowest BCUT2D eigenvalue weighted by molar-refractivity contribution is -0.617. The minimum absolute atomic E-state index is 0. The number of benzene rings is 4. The maximum absolute atomic E-state index is 5.78. The Labute approximate surface area is 240 Å². The molecule has 4 aromatic carbocycles. The zero-order chi connectivity index (χ0) is 25.2. The Kier molecular flexibility index (Phi) is 8.07. The van der Waals surface area contributed by atoms with Gasteiger partial charge in [0.05, 0.1) is 30.6 Å². The highest BCUT2D eigenvalue weighted by atomic mass is 127. The van der Waals surface area contributed by atoms with Gasteiger partial charge in [0, 0.05) is 53.2 Å². The van der Waals surface area contributed by atoms with Gasteiger partial charge >= 0.3 is 0 Å². The second kappa shape index (κ2) is 11.6. The minimum atomic E-state index is 0. The molecule has 0 aliphatic carbocycles. The molecule has 0 saturated carbocycles. The average molecular weight is 615 g/mol. The molecule has 5 heteroatoms. The third-order valence-corrected chi connectivity index (χ3v) is 7.24. The summed E-state index contributed by atoms with van der Waals surface area (Å²) in [6, 6.07) is 32.7. The van der Waals surface area contributed by atoms with Crippen LogP contribution in [-0.4, -0.2) is 31.5 Å². The van der Waals surface area contributed by atoms with Gasteiger partial charge in [0.25, 0.3) is 0 Å². The van der Waals surface area contributed by atoms with E-state index in [9.17, 15) is 0 Å². The van der Waals surface area contributed by atoms with E-state index in [0.717, 1.165) is 6.54 Å². The van der Waals surface area contributed by atoms with Crippen LogP contribution in [0.15, 0.2) is 91.0 Å². The van der Waals surface area contributed by atoms with Gasteiger partial charge in [0.1, 0.15) is 7.05 Å². The highest BCUT2D eigenvalue weighted by Crippen LogP contribution is 2.31. The molecule has 0 N–H and O–H groups in total. The summed E-state index contributed by atoms with van der Waals surface area (Å²) in [5.41, 5.74) is 7.37. The normalized spacial score (nSPS) is 11.7. The number of aryl methyl sites for hydroxylation is 1. The summed E-state index contributed by atoms with van der Waals surface area (Å²) in [4.78, 5) is 0. The molecule has 0 bridgehead atoms. The van der Waals surface area contributed by atoms with E-state index >= 15 is 0 Å². The predicted molar refractivity (Wildman–Crippen MR) is 154 cm³/mol. The van der Waals surface area contributed by atoms with Gasteiger partial charge in [-0.2, -0.15) is 4.57 Å². The second-order valence-corrected chi connectivity index (χ2v) is 9.39. The molecule has 2 aromatic heterocycles. The monoisotopic (exact) mass is 614 g/mol. The Hall–Kier alpha value is -3.26. The van der Waals surface area contributed by atoms with Gasteiger partial charge in [-0.15, -0.1) is 0 Å². The number of para-hydroxylation sites is 3. The lowest BCUT2D eigenvalue weighted by Crippen LogP contribution is -3.00. The van der Waals surface area contributed by atoms with Crippen molar-refractivity contribution in [3.8, 4) is 0 Å². The first kappa shape index (κ1) is 26.4. The van der Waals surface area contributed by atoms with E-state index in [2.05, 4.69) is 119 Å². The summed E-state index contributed by atoms with van der Waals surface area (Å²) >= 11 is 0. The van der Waals surface area contributed by atoms with Crippen LogP contribution >= 0.6 is 0 Å². The van der Waals surface area contributed by atoms with Crippen molar-refractivity contribution in [3.63, 3.8) is 0 Å². The second-order valence-electron chi connectivity index (χ2n) is 9.39. The molecule has 6 rings (SSSR count). The fourth-order valence-corrected chi connectivity index (χ4v) is 5.44. The number of fused-ring (bicyclic) bond motifs is 5. The molecular formula is C33H31IN2O2. The van der Waals surface area contributed by atoms with Crippen LogP contribution in [0.1, 0.15) is 11.1 Å². The number of methoxy groups -OCH3 is 1. The molecule has 0 fully saturated rings. The van der Waals surface area contributed by atoms with Crippen molar-refractivity contribution in [3.05, 3.63) is 102 Å². The number of hydrogen-bond donors (Lipinski definition) is 0. The topological polar surface area (TPSA) is 27.3 Å². The summed E-state index contributed by atoms with van der Waals surface area (Å²) < 4.78 is 15.5. The van der Waals surface area contributed by atoms with Crippen LogP contribution in [-0.2, 0) is 23.1 Å². The largest absolute Gasteiger partial charge is 1.00 e. The number of hydrogen-bond acceptors (Lipinski definition) is 2. The number of pyridine rings is 1. The summed E-state index contributed by atoms with van der Waals surface area (Å²) in [6.45, 7) is 2.70. The molecule has 192 valence electrons. The predicted octanol–water partition coefficient (Wildman–Crippen LogP) is 3.76. The van der Waals surface area contributed by atoms with Gasteiger partial charge < -0.3 is 38.0 Å². The summed E-state index contributed by atoms with van der Waals surface area (Å²) in [7, 11) is 3.84. The number of halogens is 1. The lowest BCUT2D eigenvalue weighted by Gasteiger charge is -2.09. The van der Waals surface area contributed by atoms with Crippen molar-refractivity contribution in [2.24, 2.45) is 7.05 Å². The highest BCUT2D eigenvalue weighted by Gasteiger charge is 2.15. The first-order valence-electron chi connectivity index (χ1n) is 12.8. The van der Waals surface area contributed by atoms with Crippen LogP contribution in [0, 0.1) is 0 Å². The Morgan fingerprint density at radius 3 is 2.03 bits per heavy atom. The zero-order valence-electron chi connectivity index (χ0n) is 21.7. The van der Waals surface area contributed by atoms with Crippen LogP contribution in [0.2, 0.25) is 0 Å². The molecular weight excluding hydrogens is 583 g/mol. The summed E-state index contributed by atoms with van der Waals surface area (Å²) in [5, 5.41) is 5.05. The third kappa shape index (κ3) is 4.82. The van der Waals surface area contributed by atoms with Crippen LogP contribution in [0.4, 0.5) is 0 Å². The molecule has 2 heterocycles. The van der Waals surface area contributed by atoms with Gasteiger partial charge in [-0.05, 0) is 35.9 Å². The molecule has 6 aromatic rings. The molecule has 4 nitrogen and oxygen atoms in total. The van der Waals surface area contributed by atoms with Crippen LogP contribution in [0.3, 0.4) is 0 Å².